The lowest BCUT2D eigenvalue weighted by molar-refractivity contribution is 0.155. The highest BCUT2D eigenvalue weighted by molar-refractivity contribution is 6.48. The van der Waals surface area contributed by atoms with E-state index in [0.29, 0.717) is 6.10 Å². The molecule has 1 radical (unpaired) electrons. The largest absolute Gasteiger partial charge is 0.414 e. The highest BCUT2D eigenvalue weighted by Gasteiger charge is 2.22. The first-order valence-corrected chi connectivity index (χ1v) is 7.08. The van der Waals surface area contributed by atoms with Crippen LogP contribution in [0.4, 0.5) is 0 Å². The highest BCUT2D eigenvalue weighted by Crippen LogP contribution is 2.29. The second kappa shape index (κ2) is 4.26. The van der Waals surface area contributed by atoms with Crippen LogP contribution in [0.3, 0.4) is 0 Å². The van der Waals surface area contributed by atoms with Gasteiger partial charge < -0.3 is 4.43 Å². The van der Waals surface area contributed by atoms with Gasteiger partial charge in [-0.05, 0) is 38.8 Å². The summed E-state index contributed by atoms with van der Waals surface area (Å²) in [7, 11) is -0.470. The topological polar surface area (TPSA) is 9.23 Å². The van der Waals surface area contributed by atoms with Gasteiger partial charge in [-0.1, -0.05) is 12.8 Å². The molecular weight excluding hydrogens is 152 g/mol. The van der Waals surface area contributed by atoms with Crippen molar-refractivity contribution in [3.63, 3.8) is 0 Å². The van der Waals surface area contributed by atoms with Crippen LogP contribution in [0.5, 0.6) is 0 Å². The molecule has 1 atom stereocenters. The molecule has 11 heavy (non-hydrogen) atoms. The summed E-state index contributed by atoms with van der Waals surface area (Å²) in [5, 5.41) is 0. The predicted octanol–water partition coefficient (Wildman–Crippen LogP) is 2.83. The van der Waals surface area contributed by atoms with Crippen molar-refractivity contribution in [2.45, 2.75) is 51.8 Å². The van der Waals surface area contributed by atoms with Gasteiger partial charge in [0.15, 0.2) is 0 Å². The summed E-state index contributed by atoms with van der Waals surface area (Å²) in [4.78, 5) is 0. The Labute approximate surface area is 71.9 Å². The summed E-state index contributed by atoms with van der Waals surface area (Å²) in [5.41, 5.74) is 0. The molecule has 1 aliphatic rings. The van der Waals surface area contributed by atoms with Crippen LogP contribution in [-0.4, -0.2) is 15.1 Å². The van der Waals surface area contributed by atoms with Gasteiger partial charge in [0.25, 0.3) is 0 Å². The zero-order valence-corrected chi connectivity index (χ0v) is 8.89. The Hall–Kier alpha value is 0.177. The Kier molecular flexibility index (Phi) is 3.59. The van der Waals surface area contributed by atoms with E-state index in [1.165, 1.54) is 25.7 Å². The summed E-state index contributed by atoms with van der Waals surface area (Å²) in [6.45, 7) is 6.68. The first-order chi connectivity index (χ1) is 5.20. The molecular formula is C9H19OSi. The van der Waals surface area contributed by atoms with Crippen molar-refractivity contribution >= 4 is 9.04 Å². The summed E-state index contributed by atoms with van der Waals surface area (Å²) < 4.78 is 5.84. The van der Waals surface area contributed by atoms with Gasteiger partial charge in [0, 0.05) is 6.10 Å². The predicted molar refractivity (Wildman–Crippen MR) is 50.0 cm³/mol. The second-order valence-corrected chi connectivity index (χ2v) is 5.83. The Morgan fingerprint density at radius 2 is 1.82 bits per heavy atom. The fourth-order valence-corrected chi connectivity index (χ4v) is 2.83. The fraction of sp³-hybridized carbons (Fsp3) is 1.00. The first-order valence-electron chi connectivity index (χ1n) is 4.67. The molecule has 0 aliphatic heterocycles. The monoisotopic (exact) mass is 171 g/mol. The lowest BCUT2D eigenvalue weighted by atomic mass is 10.0. The molecule has 0 saturated heterocycles. The van der Waals surface area contributed by atoms with Crippen LogP contribution < -0.4 is 0 Å². The van der Waals surface area contributed by atoms with E-state index in [4.69, 9.17) is 4.43 Å². The van der Waals surface area contributed by atoms with Crippen LogP contribution in [0.2, 0.25) is 13.1 Å². The maximum absolute atomic E-state index is 5.84. The van der Waals surface area contributed by atoms with E-state index in [2.05, 4.69) is 20.0 Å². The molecule has 0 aromatic heterocycles. The lowest BCUT2D eigenvalue weighted by Crippen LogP contribution is -2.24. The quantitative estimate of drug-likeness (QED) is 0.593. The average Bonchev–Trinajstić information content (AvgIpc) is 2.35. The van der Waals surface area contributed by atoms with Gasteiger partial charge in [-0.25, -0.2) is 0 Å². The van der Waals surface area contributed by atoms with Crippen LogP contribution in [0.15, 0.2) is 0 Å². The SMILES string of the molecule is CC(O[Si](C)C)C1CCCC1. The van der Waals surface area contributed by atoms with Crippen LogP contribution in [0.1, 0.15) is 32.6 Å². The molecule has 1 fully saturated rings. The molecule has 1 unspecified atom stereocenters. The smallest absolute Gasteiger partial charge is 0.205 e. The molecule has 2 heteroatoms. The minimum Gasteiger partial charge on any atom is -0.414 e. The van der Waals surface area contributed by atoms with Crippen molar-refractivity contribution in [1.29, 1.82) is 0 Å². The fourth-order valence-electron chi connectivity index (χ4n) is 1.89. The van der Waals surface area contributed by atoms with Gasteiger partial charge in [0.1, 0.15) is 0 Å². The Morgan fingerprint density at radius 3 is 2.27 bits per heavy atom. The Morgan fingerprint density at radius 1 is 1.27 bits per heavy atom. The van der Waals surface area contributed by atoms with Crippen LogP contribution in [0.25, 0.3) is 0 Å². The maximum Gasteiger partial charge on any atom is 0.205 e. The van der Waals surface area contributed by atoms with Gasteiger partial charge in [-0.2, -0.15) is 0 Å². The minimum absolute atomic E-state index is 0.470. The molecule has 1 nitrogen and oxygen atoms in total. The van der Waals surface area contributed by atoms with E-state index in [1.54, 1.807) is 0 Å². The van der Waals surface area contributed by atoms with Crippen LogP contribution in [-0.2, 0) is 4.43 Å². The molecule has 0 heterocycles. The molecule has 0 spiro atoms. The summed E-state index contributed by atoms with van der Waals surface area (Å²) >= 11 is 0. The number of hydrogen-bond donors (Lipinski definition) is 0. The molecule has 0 N–H and O–H groups in total. The summed E-state index contributed by atoms with van der Waals surface area (Å²) in [6, 6.07) is 0. The Bertz CT molecular complexity index is 108. The molecule has 0 bridgehead atoms. The van der Waals surface area contributed by atoms with Crippen LogP contribution >= 0.6 is 0 Å². The van der Waals surface area contributed by atoms with Crippen molar-refractivity contribution < 1.29 is 4.43 Å². The zero-order valence-electron chi connectivity index (χ0n) is 7.89. The zero-order chi connectivity index (χ0) is 8.27. The average molecular weight is 171 g/mol. The van der Waals surface area contributed by atoms with Crippen molar-refractivity contribution in [1.82, 2.24) is 0 Å². The molecule has 1 rings (SSSR count). The normalized spacial score (nSPS) is 22.9. The highest BCUT2D eigenvalue weighted by atomic mass is 28.3. The van der Waals surface area contributed by atoms with Gasteiger partial charge in [-0.15, -0.1) is 0 Å². The van der Waals surface area contributed by atoms with Gasteiger partial charge in [-0.3, -0.25) is 0 Å². The first kappa shape index (κ1) is 9.27. The number of hydrogen-bond acceptors (Lipinski definition) is 1. The Balaban J connectivity index is 2.22. The van der Waals surface area contributed by atoms with Crippen LogP contribution in [0, 0.1) is 5.92 Å². The molecule has 0 aromatic carbocycles. The van der Waals surface area contributed by atoms with E-state index in [9.17, 15) is 0 Å². The summed E-state index contributed by atoms with van der Waals surface area (Å²) in [5.74, 6) is 0.870. The third-order valence-corrected chi connectivity index (χ3v) is 3.33. The van der Waals surface area contributed by atoms with E-state index in [0.717, 1.165) is 5.92 Å². The van der Waals surface area contributed by atoms with Gasteiger partial charge in [0.2, 0.25) is 9.04 Å². The molecule has 0 amide bonds. The molecule has 1 saturated carbocycles. The molecule has 65 valence electrons. The van der Waals surface area contributed by atoms with E-state index in [-0.39, 0.29) is 0 Å². The lowest BCUT2D eigenvalue weighted by Gasteiger charge is -2.21. The van der Waals surface area contributed by atoms with E-state index < -0.39 is 9.04 Å². The third-order valence-electron chi connectivity index (χ3n) is 2.49. The van der Waals surface area contributed by atoms with Gasteiger partial charge >= 0.3 is 0 Å². The van der Waals surface area contributed by atoms with Crippen molar-refractivity contribution in [2.24, 2.45) is 5.92 Å². The third kappa shape index (κ3) is 2.95. The van der Waals surface area contributed by atoms with E-state index in [1.807, 2.05) is 0 Å². The van der Waals surface area contributed by atoms with Crippen molar-refractivity contribution in [3.8, 4) is 0 Å². The molecule has 1 aliphatic carbocycles. The second-order valence-electron chi connectivity index (χ2n) is 3.78. The standard InChI is InChI=1S/C9H19OSi/c1-8(10-11(2)3)9-6-4-5-7-9/h8-9H,4-7H2,1-3H3. The molecule has 0 aromatic rings. The van der Waals surface area contributed by atoms with E-state index >= 15 is 0 Å². The number of rotatable bonds is 3. The summed E-state index contributed by atoms with van der Waals surface area (Å²) in [6.07, 6.45) is 6.18. The van der Waals surface area contributed by atoms with Crippen molar-refractivity contribution in [2.75, 3.05) is 0 Å². The van der Waals surface area contributed by atoms with Crippen molar-refractivity contribution in [3.05, 3.63) is 0 Å². The maximum atomic E-state index is 5.84. The minimum atomic E-state index is -0.470. The van der Waals surface area contributed by atoms with Gasteiger partial charge in [0.05, 0.1) is 0 Å².